The Labute approximate surface area is 169 Å². The maximum atomic E-state index is 12.4. The maximum Gasteiger partial charge on any atom is 0.409 e. The lowest BCUT2D eigenvalue weighted by Crippen LogP contribution is -2.51. The second-order valence-electron chi connectivity index (χ2n) is 6.48. The molecule has 0 radical (unpaired) electrons. The summed E-state index contributed by atoms with van der Waals surface area (Å²) >= 11 is 1.29. The SMILES string of the molecule is CCCCCNC(=O)Cc1csc(NC(=O)N2CCN(C(=O)OCC)CC2)n1. The predicted octanol–water partition coefficient (Wildman–Crippen LogP) is 2.30. The molecule has 0 bridgehead atoms. The van der Waals surface area contributed by atoms with Crippen LogP contribution in [0.1, 0.15) is 38.8 Å². The van der Waals surface area contributed by atoms with Gasteiger partial charge in [0.2, 0.25) is 5.91 Å². The van der Waals surface area contributed by atoms with Crippen LogP contribution in [0, 0.1) is 0 Å². The van der Waals surface area contributed by atoms with Gasteiger partial charge in [-0.15, -0.1) is 11.3 Å². The van der Waals surface area contributed by atoms with E-state index in [4.69, 9.17) is 4.74 Å². The lowest BCUT2D eigenvalue weighted by molar-refractivity contribution is -0.120. The third-order valence-electron chi connectivity index (χ3n) is 4.30. The van der Waals surface area contributed by atoms with Gasteiger partial charge in [-0.05, 0) is 13.3 Å². The van der Waals surface area contributed by atoms with E-state index in [1.165, 1.54) is 11.3 Å². The molecule has 9 nitrogen and oxygen atoms in total. The molecular weight excluding hydrogens is 382 g/mol. The van der Waals surface area contributed by atoms with Crippen molar-refractivity contribution in [2.45, 2.75) is 39.5 Å². The first kappa shape index (κ1) is 21.9. The number of nitrogens with zero attached hydrogens (tertiary/aromatic N) is 3. The number of urea groups is 1. The monoisotopic (exact) mass is 411 g/mol. The summed E-state index contributed by atoms with van der Waals surface area (Å²) in [6.07, 6.45) is 3.05. The van der Waals surface area contributed by atoms with Crippen LogP contribution in [0.4, 0.5) is 14.7 Å². The second-order valence-corrected chi connectivity index (χ2v) is 7.34. The smallest absolute Gasteiger partial charge is 0.409 e. The Kier molecular flexibility index (Phi) is 8.99. The van der Waals surface area contributed by atoms with Gasteiger partial charge in [0.25, 0.3) is 0 Å². The molecule has 0 aliphatic carbocycles. The van der Waals surface area contributed by atoms with Gasteiger partial charge in [0, 0.05) is 38.1 Å². The average molecular weight is 412 g/mol. The van der Waals surface area contributed by atoms with Crippen LogP contribution >= 0.6 is 11.3 Å². The van der Waals surface area contributed by atoms with Gasteiger partial charge in [-0.25, -0.2) is 14.6 Å². The van der Waals surface area contributed by atoms with E-state index in [1.807, 2.05) is 0 Å². The zero-order valence-electron chi connectivity index (χ0n) is 16.5. The average Bonchev–Trinajstić information content (AvgIpc) is 3.12. The number of ether oxygens (including phenoxy) is 1. The van der Waals surface area contributed by atoms with Crippen molar-refractivity contribution >= 4 is 34.5 Å². The van der Waals surface area contributed by atoms with E-state index >= 15 is 0 Å². The third kappa shape index (κ3) is 6.99. The molecule has 2 heterocycles. The zero-order valence-corrected chi connectivity index (χ0v) is 17.3. The number of piperazine rings is 1. The van der Waals surface area contributed by atoms with Crippen molar-refractivity contribution in [1.82, 2.24) is 20.1 Å². The number of aromatic nitrogens is 1. The summed E-state index contributed by atoms with van der Waals surface area (Å²) < 4.78 is 4.97. The van der Waals surface area contributed by atoms with Crippen LogP contribution < -0.4 is 10.6 Å². The van der Waals surface area contributed by atoms with E-state index in [0.717, 1.165) is 19.3 Å². The van der Waals surface area contributed by atoms with Crippen LogP contribution in [0.2, 0.25) is 0 Å². The summed E-state index contributed by atoms with van der Waals surface area (Å²) in [7, 11) is 0. The Morgan fingerprint density at radius 1 is 1.14 bits per heavy atom. The Morgan fingerprint density at radius 2 is 1.86 bits per heavy atom. The third-order valence-corrected chi connectivity index (χ3v) is 5.11. The minimum atomic E-state index is -0.347. The number of anilines is 1. The van der Waals surface area contributed by atoms with Gasteiger partial charge in [0.1, 0.15) is 0 Å². The molecule has 0 atom stereocenters. The van der Waals surface area contributed by atoms with Crippen molar-refractivity contribution in [2.24, 2.45) is 0 Å². The highest BCUT2D eigenvalue weighted by Gasteiger charge is 2.25. The van der Waals surface area contributed by atoms with Crippen molar-refractivity contribution in [2.75, 3.05) is 44.6 Å². The molecule has 1 aromatic rings. The van der Waals surface area contributed by atoms with Crippen LogP contribution in [-0.4, -0.2) is 72.1 Å². The number of amides is 4. The van der Waals surface area contributed by atoms with Gasteiger partial charge >= 0.3 is 12.1 Å². The van der Waals surface area contributed by atoms with Gasteiger partial charge in [-0.3, -0.25) is 10.1 Å². The van der Waals surface area contributed by atoms with Crippen LogP contribution in [0.5, 0.6) is 0 Å². The lowest BCUT2D eigenvalue weighted by atomic mass is 10.2. The van der Waals surface area contributed by atoms with E-state index in [9.17, 15) is 14.4 Å². The molecule has 10 heteroatoms. The fourth-order valence-electron chi connectivity index (χ4n) is 2.75. The standard InChI is InChI=1S/C18H29N5O4S/c1-3-5-6-7-19-15(24)12-14-13-28-16(20-14)21-17(25)22-8-10-23(11-9-22)18(26)27-4-2/h13H,3-12H2,1-2H3,(H,19,24)(H,20,21,25). The van der Waals surface area contributed by atoms with Crippen LogP contribution in [0.25, 0.3) is 0 Å². The number of carbonyl (C=O) groups is 3. The van der Waals surface area contributed by atoms with Crippen molar-refractivity contribution < 1.29 is 19.1 Å². The predicted molar refractivity (Wildman–Crippen MR) is 108 cm³/mol. The number of unbranched alkanes of at least 4 members (excludes halogenated alkanes) is 2. The van der Waals surface area contributed by atoms with Crippen molar-refractivity contribution in [3.63, 3.8) is 0 Å². The topological polar surface area (TPSA) is 104 Å². The molecule has 1 aliphatic rings. The van der Waals surface area contributed by atoms with E-state index < -0.39 is 0 Å². The molecule has 0 aromatic carbocycles. The van der Waals surface area contributed by atoms with Crippen LogP contribution in [0.3, 0.4) is 0 Å². The molecular formula is C18H29N5O4S. The van der Waals surface area contributed by atoms with E-state index in [1.54, 1.807) is 22.1 Å². The van der Waals surface area contributed by atoms with Gasteiger partial charge < -0.3 is 19.9 Å². The number of rotatable bonds is 8. The summed E-state index contributed by atoms with van der Waals surface area (Å²) in [5.74, 6) is -0.0608. The number of carbonyl (C=O) groups excluding carboxylic acids is 3. The first-order chi connectivity index (χ1) is 13.5. The highest BCUT2D eigenvalue weighted by atomic mass is 32.1. The molecule has 0 unspecified atom stereocenters. The molecule has 0 saturated carbocycles. The molecule has 1 aromatic heterocycles. The van der Waals surface area contributed by atoms with Gasteiger partial charge in [-0.2, -0.15) is 0 Å². The molecule has 2 N–H and O–H groups in total. The van der Waals surface area contributed by atoms with Crippen molar-refractivity contribution in [3.8, 4) is 0 Å². The Balaban J connectivity index is 1.73. The van der Waals surface area contributed by atoms with Gasteiger partial charge in [0.05, 0.1) is 18.7 Å². The van der Waals surface area contributed by atoms with E-state index in [0.29, 0.717) is 50.2 Å². The number of hydrogen-bond donors (Lipinski definition) is 2. The molecule has 156 valence electrons. The largest absolute Gasteiger partial charge is 0.450 e. The fraction of sp³-hybridized carbons (Fsp3) is 0.667. The fourth-order valence-corrected chi connectivity index (χ4v) is 3.45. The van der Waals surface area contributed by atoms with Crippen molar-refractivity contribution in [1.29, 1.82) is 0 Å². The molecule has 1 aliphatic heterocycles. The molecule has 2 rings (SSSR count). The first-order valence-electron chi connectivity index (χ1n) is 9.72. The highest BCUT2D eigenvalue weighted by molar-refractivity contribution is 7.13. The Hall–Kier alpha value is -2.36. The summed E-state index contributed by atoms with van der Waals surface area (Å²) in [6, 6.07) is -0.256. The van der Waals surface area contributed by atoms with E-state index in [-0.39, 0.29) is 24.5 Å². The second kappa shape index (κ2) is 11.5. The van der Waals surface area contributed by atoms with Gasteiger partial charge in [0.15, 0.2) is 5.13 Å². The minimum Gasteiger partial charge on any atom is -0.450 e. The Morgan fingerprint density at radius 3 is 2.54 bits per heavy atom. The molecule has 28 heavy (non-hydrogen) atoms. The first-order valence-corrected chi connectivity index (χ1v) is 10.6. The van der Waals surface area contributed by atoms with Crippen molar-refractivity contribution in [3.05, 3.63) is 11.1 Å². The number of nitrogens with one attached hydrogen (secondary N) is 2. The number of thiazole rings is 1. The van der Waals surface area contributed by atoms with Gasteiger partial charge in [-0.1, -0.05) is 19.8 Å². The van der Waals surface area contributed by atoms with E-state index in [2.05, 4.69) is 22.5 Å². The molecule has 1 fully saturated rings. The molecule has 4 amide bonds. The van der Waals surface area contributed by atoms with Crippen LogP contribution in [-0.2, 0) is 16.0 Å². The number of hydrogen-bond acceptors (Lipinski definition) is 6. The van der Waals surface area contributed by atoms with Crippen LogP contribution in [0.15, 0.2) is 5.38 Å². The molecule has 0 spiro atoms. The quantitative estimate of drug-likeness (QED) is 0.639. The highest BCUT2D eigenvalue weighted by Crippen LogP contribution is 2.17. The maximum absolute atomic E-state index is 12.4. The summed E-state index contributed by atoms with van der Waals surface area (Å²) in [5, 5.41) is 7.88. The summed E-state index contributed by atoms with van der Waals surface area (Å²) in [4.78, 5) is 43.5. The summed E-state index contributed by atoms with van der Waals surface area (Å²) in [6.45, 7) is 6.64. The Bertz CT molecular complexity index is 658. The molecule has 1 saturated heterocycles. The minimum absolute atomic E-state index is 0.0608. The lowest BCUT2D eigenvalue weighted by Gasteiger charge is -2.33. The normalized spacial score (nSPS) is 13.9. The summed E-state index contributed by atoms with van der Waals surface area (Å²) in [5.41, 5.74) is 0.639. The zero-order chi connectivity index (χ0) is 20.4.